The Hall–Kier alpha value is -3.53. The van der Waals surface area contributed by atoms with Crippen molar-refractivity contribution >= 4 is 49.9 Å². The first-order valence-corrected chi connectivity index (χ1v) is 15.9. The standard InChI is InChI=1S/C33H38BrN5O4/c1-33(2,3)39(32(41)42)28-19-8-10-25(28)38(17-19)31(40)21-13-23-29(27(15-21)43-5)36(4)30(35-23)26-14-20-12-22(34)9-11-24(20)37(26)16-18-6-7-18/h9,11-15,18-19,25,28H,6-8,10,16-17H2,1-5H3,(H,41,42)/t19-,25+,28?/m1/s1. The third-order valence-electron chi connectivity index (χ3n) is 9.66. The van der Waals surface area contributed by atoms with Crippen LogP contribution in [0, 0.1) is 11.8 Å². The van der Waals surface area contributed by atoms with E-state index < -0.39 is 11.6 Å². The van der Waals surface area contributed by atoms with Crippen LogP contribution in [0.2, 0.25) is 0 Å². The van der Waals surface area contributed by atoms with Crippen LogP contribution in [0.4, 0.5) is 4.79 Å². The van der Waals surface area contributed by atoms with Crippen LogP contribution in [0.3, 0.4) is 0 Å². The number of halogens is 1. The molecule has 2 aliphatic carbocycles. The highest BCUT2D eigenvalue weighted by Crippen LogP contribution is 2.44. The molecule has 9 nitrogen and oxygen atoms in total. The number of hydrogen-bond acceptors (Lipinski definition) is 4. The van der Waals surface area contributed by atoms with Gasteiger partial charge >= 0.3 is 6.09 Å². The molecule has 3 aliphatic rings. The van der Waals surface area contributed by atoms with E-state index in [1.165, 1.54) is 18.4 Å². The fraction of sp³-hybridized carbons (Fsp3) is 0.485. The number of aryl methyl sites for hydroxylation is 1. The second-order valence-corrected chi connectivity index (χ2v) is 14.4. The van der Waals surface area contributed by atoms with Gasteiger partial charge in [0, 0.05) is 46.6 Å². The zero-order chi connectivity index (χ0) is 30.4. The number of carbonyl (C=O) groups excluding carboxylic acids is 1. The van der Waals surface area contributed by atoms with Crippen molar-refractivity contribution in [3.63, 3.8) is 0 Å². The first-order valence-electron chi connectivity index (χ1n) is 15.1. The fourth-order valence-electron chi connectivity index (χ4n) is 7.61. The van der Waals surface area contributed by atoms with E-state index in [2.05, 4.69) is 49.3 Å². The molecule has 0 radical (unpaired) electrons. The number of aromatic nitrogens is 3. The second kappa shape index (κ2) is 10.0. The highest BCUT2D eigenvalue weighted by molar-refractivity contribution is 9.10. The molecule has 2 bridgehead atoms. The summed E-state index contributed by atoms with van der Waals surface area (Å²) >= 11 is 3.62. The average molecular weight is 649 g/mol. The van der Waals surface area contributed by atoms with Gasteiger partial charge in [0.2, 0.25) is 0 Å². The molecule has 43 heavy (non-hydrogen) atoms. The molecule has 1 unspecified atom stereocenters. The molecule has 0 spiro atoms. The number of rotatable bonds is 6. The molecule has 2 aromatic carbocycles. The van der Waals surface area contributed by atoms with Crippen molar-refractivity contribution in [3.8, 4) is 17.3 Å². The molecule has 3 heterocycles. The molecule has 1 aliphatic heterocycles. The summed E-state index contributed by atoms with van der Waals surface area (Å²) in [6.07, 6.45) is 3.29. The van der Waals surface area contributed by atoms with Gasteiger partial charge in [0.1, 0.15) is 11.3 Å². The smallest absolute Gasteiger partial charge is 0.408 e. The average Bonchev–Trinajstić information content (AvgIpc) is 3.28. The number of nitrogens with zero attached hydrogens (tertiary/aromatic N) is 5. The largest absolute Gasteiger partial charge is 0.494 e. The van der Waals surface area contributed by atoms with Crippen LogP contribution >= 0.6 is 15.9 Å². The summed E-state index contributed by atoms with van der Waals surface area (Å²) in [6, 6.07) is 11.9. The van der Waals surface area contributed by atoms with E-state index in [1.54, 1.807) is 12.0 Å². The number of imidazole rings is 1. The van der Waals surface area contributed by atoms with Gasteiger partial charge in [0.25, 0.3) is 5.91 Å². The van der Waals surface area contributed by atoms with Gasteiger partial charge in [-0.3, -0.25) is 9.69 Å². The lowest BCUT2D eigenvalue weighted by Crippen LogP contribution is -2.55. The molecule has 2 aromatic heterocycles. The van der Waals surface area contributed by atoms with Crippen molar-refractivity contribution in [2.75, 3.05) is 13.7 Å². The van der Waals surface area contributed by atoms with Crippen LogP contribution < -0.4 is 4.74 Å². The number of piperidine rings is 1. The number of benzene rings is 2. The Balaban J connectivity index is 1.28. The van der Waals surface area contributed by atoms with Gasteiger partial charge in [-0.2, -0.15) is 0 Å². The molecule has 2 saturated carbocycles. The summed E-state index contributed by atoms with van der Waals surface area (Å²) in [5, 5.41) is 11.3. The number of hydrogen-bond donors (Lipinski definition) is 1. The Labute approximate surface area is 259 Å². The molecule has 2 amide bonds. The van der Waals surface area contributed by atoms with Crippen LogP contribution in [0.5, 0.6) is 5.75 Å². The lowest BCUT2D eigenvalue weighted by molar-refractivity contribution is 0.0503. The highest BCUT2D eigenvalue weighted by Gasteiger charge is 2.54. The van der Waals surface area contributed by atoms with Gasteiger partial charge in [-0.05, 0) is 94.7 Å². The second-order valence-electron chi connectivity index (χ2n) is 13.5. The van der Waals surface area contributed by atoms with Crippen molar-refractivity contribution in [3.05, 3.63) is 46.4 Å². The lowest BCUT2D eigenvalue weighted by Gasteiger charge is -2.40. The van der Waals surface area contributed by atoms with Crippen molar-refractivity contribution in [2.45, 2.75) is 70.6 Å². The minimum atomic E-state index is -0.931. The van der Waals surface area contributed by atoms with Crippen LogP contribution in [0.25, 0.3) is 33.5 Å². The monoisotopic (exact) mass is 647 g/mol. The normalized spacial score (nSPS) is 21.7. The third kappa shape index (κ3) is 4.60. The minimum Gasteiger partial charge on any atom is -0.494 e. The van der Waals surface area contributed by atoms with E-state index in [9.17, 15) is 14.7 Å². The molecular formula is C33H38BrN5O4. The predicted molar refractivity (Wildman–Crippen MR) is 170 cm³/mol. The number of likely N-dealkylation sites (tertiary alicyclic amines) is 1. The summed E-state index contributed by atoms with van der Waals surface area (Å²) in [5.41, 5.74) is 3.73. The van der Waals surface area contributed by atoms with Crippen LogP contribution in [-0.4, -0.2) is 72.3 Å². The fourth-order valence-corrected chi connectivity index (χ4v) is 7.99. The van der Waals surface area contributed by atoms with E-state index in [0.717, 1.165) is 46.3 Å². The summed E-state index contributed by atoms with van der Waals surface area (Å²) in [4.78, 5) is 35.0. The van der Waals surface area contributed by atoms with Gasteiger partial charge in [-0.1, -0.05) is 15.9 Å². The van der Waals surface area contributed by atoms with Crippen molar-refractivity contribution in [1.29, 1.82) is 0 Å². The van der Waals surface area contributed by atoms with Gasteiger partial charge < -0.3 is 23.9 Å². The summed E-state index contributed by atoms with van der Waals surface area (Å²) < 4.78 is 11.3. The summed E-state index contributed by atoms with van der Waals surface area (Å²) in [5.74, 6) is 2.13. The molecule has 10 heteroatoms. The van der Waals surface area contributed by atoms with E-state index in [0.29, 0.717) is 29.3 Å². The first kappa shape index (κ1) is 28.3. The Morgan fingerprint density at radius 3 is 2.56 bits per heavy atom. The molecule has 7 rings (SSSR count). The van der Waals surface area contributed by atoms with Crippen LogP contribution in [0.15, 0.2) is 40.9 Å². The predicted octanol–water partition coefficient (Wildman–Crippen LogP) is 6.76. The summed E-state index contributed by atoms with van der Waals surface area (Å²) in [7, 11) is 3.62. The molecule has 3 fully saturated rings. The number of amides is 2. The quantitative estimate of drug-likeness (QED) is 0.250. The Kier molecular flexibility index (Phi) is 6.57. The molecule has 3 atom stereocenters. The van der Waals surface area contributed by atoms with Gasteiger partial charge in [-0.15, -0.1) is 0 Å². The zero-order valence-electron chi connectivity index (χ0n) is 25.3. The molecule has 1 saturated heterocycles. The molecular weight excluding hydrogens is 610 g/mol. The summed E-state index contributed by atoms with van der Waals surface area (Å²) in [6.45, 7) is 7.27. The number of ether oxygens (including phenoxy) is 1. The zero-order valence-corrected chi connectivity index (χ0v) is 26.9. The third-order valence-corrected chi connectivity index (χ3v) is 10.2. The first-order chi connectivity index (χ1) is 20.5. The number of methoxy groups -OCH3 is 1. The van der Waals surface area contributed by atoms with E-state index in [4.69, 9.17) is 9.72 Å². The number of carboxylic acid groups (broad SMARTS) is 1. The highest BCUT2D eigenvalue weighted by atomic mass is 79.9. The van der Waals surface area contributed by atoms with E-state index in [1.807, 2.05) is 44.9 Å². The maximum atomic E-state index is 14.1. The molecule has 226 valence electrons. The Morgan fingerprint density at radius 1 is 1.12 bits per heavy atom. The topological polar surface area (TPSA) is 92.8 Å². The maximum Gasteiger partial charge on any atom is 0.408 e. The SMILES string of the molecule is COc1cc(C(=O)N2C[C@H]3CC[C@H]2C3N(C(=O)O)C(C)(C)C)cc2nc(-c3cc4cc(Br)ccc4n3CC3CC3)n(C)c12. The van der Waals surface area contributed by atoms with Crippen LogP contribution in [0.1, 0.15) is 56.8 Å². The lowest BCUT2D eigenvalue weighted by atomic mass is 9.98. The number of fused-ring (bicyclic) bond motifs is 4. The van der Waals surface area contributed by atoms with Gasteiger partial charge in [-0.25, -0.2) is 9.78 Å². The Morgan fingerprint density at radius 2 is 1.88 bits per heavy atom. The van der Waals surface area contributed by atoms with Crippen molar-refractivity contribution < 1.29 is 19.4 Å². The number of carbonyl (C=O) groups is 2. The van der Waals surface area contributed by atoms with E-state index >= 15 is 0 Å². The van der Waals surface area contributed by atoms with E-state index in [-0.39, 0.29) is 23.9 Å². The maximum absolute atomic E-state index is 14.1. The van der Waals surface area contributed by atoms with Gasteiger partial charge in [0.15, 0.2) is 5.82 Å². The van der Waals surface area contributed by atoms with Crippen LogP contribution in [-0.2, 0) is 13.6 Å². The van der Waals surface area contributed by atoms with Crippen molar-refractivity contribution in [2.24, 2.45) is 18.9 Å². The van der Waals surface area contributed by atoms with Crippen molar-refractivity contribution in [1.82, 2.24) is 23.9 Å². The Bertz CT molecular complexity index is 1780. The molecule has 4 aromatic rings. The minimum absolute atomic E-state index is 0.100. The molecule has 1 N–H and O–H groups in total. The van der Waals surface area contributed by atoms with Gasteiger partial charge in [0.05, 0.1) is 30.4 Å².